The first kappa shape index (κ1) is 13.4. The number of amides is 1. The normalized spacial score (nSPS) is 36.9. The molecule has 0 spiro atoms. The molecule has 0 aromatic carbocycles. The van der Waals surface area contributed by atoms with Gasteiger partial charge in [-0.2, -0.15) is 0 Å². The van der Waals surface area contributed by atoms with Crippen LogP contribution in [-0.4, -0.2) is 36.0 Å². The minimum Gasteiger partial charge on any atom is -0.338 e. The number of carbonyl (C=O) groups is 1. The second kappa shape index (κ2) is 5.82. The summed E-state index contributed by atoms with van der Waals surface area (Å²) in [5.74, 6) is 1.71. The smallest absolute Gasteiger partial charge is 0.240 e. The molecule has 0 aromatic rings. The van der Waals surface area contributed by atoms with Crippen LogP contribution >= 0.6 is 0 Å². The summed E-state index contributed by atoms with van der Waals surface area (Å²) in [6.07, 6.45) is 10.3. The SMILES string of the molecule is CC1CCCNC1C(=O)N1CCCC1C1CCCC1. The Morgan fingerprint density at radius 2 is 1.84 bits per heavy atom. The molecule has 2 heterocycles. The van der Waals surface area contributed by atoms with E-state index in [4.69, 9.17) is 0 Å². The number of nitrogens with zero attached hydrogens (tertiary/aromatic N) is 1. The van der Waals surface area contributed by atoms with E-state index in [-0.39, 0.29) is 6.04 Å². The maximum absolute atomic E-state index is 12.8. The zero-order chi connectivity index (χ0) is 13.2. The van der Waals surface area contributed by atoms with Crippen molar-refractivity contribution in [2.45, 2.75) is 70.4 Å². The number of carbonyl (C=O) groups excluding carboxylic acids is 1. The Morgan fingerprint density at radius 3 is 2.58 bits per heavy atom. The Labute approximate surface area is 117 Å². The third-order valence-electron chi connectivity index (χ3n) is 5.56. The highest BCUT2D eigenvalue weighted by atomic mass is 16.2. The van der Waals surface area contributed by atoms with E-state index in [2.05, 4.69) is 17.1 Å². The van der Waals surface area contributed by atoms with Crippen molar-refractivity contribution in [2.75, 3.05) is 13.1 Å². The standard InChI is InChI=1S/C16H28N2O/c1-12-6-4-10-17-15(12)16(19)18-11-5-9-14(18)13-7-2-3-8-13/h12-15,17H,2-11H2,1H3. The summed E-state index contributed by atoms with van der Waals surface area (Å²) < 4.78 is 0. The van der Waals surface area contributed by atoms with Gasteiger partial charge in [0.1, 0.15) is 0 Å². The number of hydrogen-bond donors (Lipinski definition) is 1. The number of nitrogens with one attached hydrogen (secondary N) is 1. The monoisotopic (exact) mass is 264 g/mol. The van der Waals surface area contributed by atoms with E-state index < -0.39 is 0 Å². The first-order valence-corrected chi connectivity index (χ1v) is 8.31. The molecule has 3 rings (SSSR count). The fourth-order valence-corrected chi connectivity index (χ4v) is 4.46. The molecular weight excluding hydrogens is 236 g/mol. The Kier molecular flexibility index (Phi) is 4.11. The van der Waals surface area contributed by atoms with Crippen molar-refractivity contribution in [3.63, 3.8) is 0 Å². The van der Waals surface area contributed by atoms with Gasteiger partial charge in [0.25, 0.3) is 0 Å². The Morgan fingerprint density at radius 1 is 1.05 bits per heavy atom. The lowest BCUT2D eigenvalue weighted by atomic mass is 9.90. The van der Waals surface area contributed by atoms with Gasteiger partial charge in [0.15, 0.2) is 0 Å². The molecule has 3 aliphatic rings. The molecule has 1 aliphatic carbocycles. The summed E-state index contributed by atoms with van der Waals surface area (Å²) >= 11 is 0. The van der Waals surface area contributed by atoms with Gasteiger partial charge in [-0.1, -0.05) is 19.8 Å². The molecule has 19 heavy (non-hydrogen) atoms. The molecule has 0 bridgehead atoms. The minimum absolute atomic E-state index is 0.0933. The van der Waals surface area contributed by atoms with Gasteiger partial charge >= 0.3 is 0 Å². The van der Waals surface area contributed by atoms with Crippen LogP contribution in [0.1, 0.15) is 58.3 Å². The molecule has 1 amide bonds. The maximum Gasteiger partial charge on any atom is 0.240 e. The van der Waals surface area contributed by atoms with Gasteiger partial charge in [-0.05, 0) is 56.9 Å². The fourth-order valence-electron chi connectivity index (χ4n) is 4.46. The number of piperidine rings is 1. The van der Waals surface area contributed by atoms with Crippen molar-refractivity contribution < 1.29 is 4.79 Å². The largest absolute Gasteiger partial charge is 0.338 e. The third kappa shape index (κ3) is 2.67. The zero-order valence-electron chi connectivity index (χ0n) is 12.2. The second-order valence-electron chi connectivity index (χ2n) is 6.84. The molecule has 3 atom stereocenters. The first-order chi connectivity index (χ1) is 9.27. The summed E-state index contributed by atoms with van der Waals surface area (Å²) in [6, 6.07) is 0.654. The lowest BCUT2D eigenvalue weighted by Gasteiger charge is -2.36. The van der Waals surface area contributed by atoms with Gasteiger partial charge in [0, 0.05) is 12.6 Å². The molecular formula is C16H28N2O. The van der Waals surface area contributed by atoms with Crippen LogP contribution in [0.5, 0.6) is 0 Å². The lowest BCUT2D eigenvalue weighted by molar-refractivity contribution is -0.137. The quantitative estimate of drug-likeness (QED) is 0.831. The van der Waals surface area contributed by atoms with Crippen LogP contribution in [0.2, 0.25) is 0 Å². The molecule has 2 saturated heterocycles. The van der Waals surface area contributed by atoms with Gasteiger partial charge in [-0.25, -0.2) is 0 Å². The molecule has 2 aliphatic heterocycles. The van der Waals surface area contributed by atoms with E-state index in [0.717, 1.165) is 19.0 Å². The molecule has 1 saturated carbocycles. The van der Waals surface area contributed by atoms with Crippen LogP contribution in [0.15, 0.2) is 0 Å². The second-order valence-corrected chi connectivity index (χ2v) is 6.84. The van der Waals surface area contributed by atoms with E-state index in [1.807, 2.05) is 0 Å². The highest BCUT2D eigenvalue weighted by Gasteiger charge is 2.39. The predicted octanol–water partition coefficient (Wildman–Crippen LogP) is 2.56. The molecule has 0 radical (unpaired) electrons. The van der Waals surface area contributed by atoms with Crippen molar-refractivity contribution in [3.8, 4) is 0 Å². The summed E-state index contributed by atoms with van der Waals surface area (Å²) in [6.45, 7) is 4.25. The highest BCUT2D eigenvalue weighted by Crippen LogP contribution is 2.36. The molecule has 108 valence electrons. The molecule has 3 heteroatoms. The third-order valence-corrected chi connectivity index (χ3v) is 5.56. The lowest BCUT2D eigenvalue weighted by Crippen LogP contribution is -2.54. The van der Waals surface area contributed by atoms with Crippen LogP contribution < -0.4 is 5.32 Å². The number of hydrogen-bond acceptors (Lipinski definition) is 2. The van der Waals surface area contributed by atoms with Gasteiger partial charge in [-0.15, -0.1) is 0 Å². The van der Waals surface area contributed by atoms with E-state index in [1.165, 1.54) is 51.4 Å². The van der Waals surface area contributed by atoms with Gasteiger partial charge in [-0.3, -0.25) is 4.79 Å². The Bertz CT molecular complexity index is 325. The average Bonchev–Trinajstić information content (AvgIpc) is 3.09. The predicted molar refractivity (Wildman–Crippen MR) is 76.9 cm³/mol. The van der Waals surface area contributed by atoms with Crippen molar-refractivity contribution in [3.05, 3.63) is 0 Å². The van der Waals surface area contributed by atoms with Gasteiger partial charge in [0.05, 0.1) is 6.04 Å². The summed E-state index contributed by atoms with van der Waals surface area (Å²) in [4.78, 5) is 15.1. The molecule has 3 unspecified atom stereocenters. The van der Waals surface area contributed by atoms with Crippen LogP contribution in [0.4, 0.5) is 0 Å². The minimum atomic E-state index is 0.0933. The van der Waals surface area contributed by atoms with E-state index in [1.54, 1.807) is 0 Å². The first-order valence-electron chi connectivity index (χ1n) is 8.31. The van der Waals surface area contributed by atoms with Gasteiger partial charge < -0.3 is 10.2 Å². The summed E-state index contributed by atoms with van der Waals surface area (Å²) in [5.41, 5.74) is 0. The summed E-state index contributed by atoms with van der Waals surface area (Å²) in [5, 5.41) is 3.47. The van der Waals surface area contributed by atoms with Crippen molar-refractivity contribution >= 4 is 5.91 Å². The van der Waals surface area contributed by atoms with Crippen LogP contribution in [-0.2, 0) is 4.79 Å². The van der Waals surface area contributed by atoms with E-state index >= 15 is 0 Å². The molecule has 3 nitrogen and oxygen atoms in total. The van der Waals surface area contributed by atoms with Crippen molar-refractivity contribution in [1.82, 2.24) is 10.2 Å². The Balaban J connectivity index is 1.67. The van der Waals surface area contributed by atoms with Crippen LogP contribution in [0.3, 0.4) is 0 Å². The van der Waals surface area contributed by atoms with Crippen LogP contribution in [0.25, 0.3) is 0 Å². The topological polar surface area (TPSA) is 32.3 Å². The molecule has 1 N–H and O–H groups in total. The zero-order valence-corrected chi connectivity index (χ0v) is 12.2. The van der Waals surface area contributed by atoms with Crippen molar-refractivity contribution in [2.24, 2.45) is 11.8 Å². The van der Waals surface area contributed by atoms with Crippen molar-refractivity contribution in [1.29, 1.82) is 0 Å². The van der Waals surface area contributed by atoms with Gasteiger partial charge in [0.2, 0.25) is 5.91 Å². The Hall–Kier alpha value is -0.570. The van der Waals surface area contributed by atoms with E-state index in [9.17, 15) is 4.79 Å². The molecule has 0 aromatic heterocycles. The highest BCUT2D eigenvalue weighted by molar-refractivity contribution is 5.83. The number of likely N-dealkylation sites (tertiary alicyclic amines) is 1. The number of rotatable bonds is 2. The maximum atomic E-state index is 12.8. The van der Waals surface area contributed by atoms with E-state index in [0.29, 0.717) is 17.9 Å². The fraction of sp³-hybridized carbons (Fsp3) is 0.938. The molecule has 3 fully saturated rings. The average molecular weight is 264 g/mol. The van der Waals surface area contributed by atoms with Crippen LogP contribution in [0, 0.1) is 11.8 Å². The summed E-state index contributed by atoms with van der Waals surface area (Å²) in [7, 11) is 0.